The maximum atomic E-state index is 5.61. The highest BCUT2D eigenvalue weighted by Crippen LogP contribution is 2.10. The van der Waals surface area contributed by atoms with Gasteiger partial charge in [-0.25, -0.2) is 0 Å². The molecular formula is C12H18O. The molecule has 0 spiro atoms. The summed E-state index contributed by atoms with van der Waals surface area (Å²) in [5.74, 6) is 6.34. The first-order chi connectivity index (χ1) is 6.43. The van der Waals surface area contributed by atoms with E-state index >= 15 is 0 Å². The first kappa shape index (κ1) is 10.3. The van der Waals surface area contributed by atoms with E-state index in [0.717, 1.165) is 25.9 Å². The zero-order chi connectivity index (χ0) is 9.36. The second-order valence-corrected chi connectivity index (χ2v) is 3.36. The quantitative estimate of drug-likeness (QED) is 0.365. The van der Waals surface area contributed by atoms with E-state index in [4.69, 9.17) is 4.74 Å². The van der Waals surface area contributed by atoms with Crippen LogP contribution in [0.15, 0.2) is 12.7 Å². The molecule has 72 valence electrons. The summed E-state index contributed by atoms with van der Waals surface area (Å²) in [7, 11) is 0. The molecule has 0 saturated heterocycles. The van der Waals surface area contributed by atoms with E-state index in [9.17, 15) is 0 Å². The molecule has 1 atom stereocenters. The standard InChI is InChI=1S/C12H18O/c1-2-3-11-13-12-9-7-5-4-6-8-10-12/h2,12H,1,3-7,9,11H2. The second-order valence-electron chi connectivity index (χ2n) is 3.36. The van der Waals surface area contributed by atoms with Gasteiger partial charge in [0.2, 0.25) is 0 Å². The van der Waals surface area contributed by atoms with Gasteiger partial charge in [-0.05, 0) is 25.7 Å². The van der Waals surface area contributed by atoms with Crippen molar-refractivity contribution in [2.45, 2.75) is 44.6 Å². The normalized spacial score (nSPS) is 22.3. The van der Waals surface area contributed by atoms with Crippen molar-refractivity contribution < 1.29 is 4.74 Å². The predicted octanol–water partition coefficient (Wildman–Crippen LogP) is 2.92. The van der Waals surface area contributed by atoms with Crippen LogP contribution >= 0.6 is 0 Å². The Morgan fingerprint density at radius 2 is 2.31 bits per heavy atom. The minimum atomic E-state index is 0.181. The van der Waals surface area contributed by atoms with Crippen molar-refractivity contribution in [3.8, 4) is 11.8 Å². The molecule has 0 aromatic rings. The molecule has 1 aliphatic carbocycles. The third-order valence-electron chi connectivity index (χ3n) is 2.17. The predicted molar refractivity (Wildman–Crippen MR) is 55.4 cm³/mol. The zero-order valence-corrected chi connectivity index (χ0v) is 8.22. The summed E-state index contributed by atoms with van der Waals surface area (Å²) in [4.78, 5) is 0. The Hall–Kier alpha value is -0.740. The molecule has 0 amide bonds. The molecule has 0 aromatic heterocycles. The van der Waals surface area contributed by atoms with Crippen LogP contribution in [0.4, 0.5) is 0 Å². The highest BCUT2D eigenvalue weighted by atomic mass is 16.5. The van der Waals surface area contributed by atoms with Crippen molar-refractivity contribution in [2.75, 3.05) is 6.61 Å². The molecule has 1 unspecified atom stereocenters. The van der Waals surface area contributed by atoms with Gasteiger partial charge in [-0.1, -0.05) is 18.4 Å². The van der Waals surface area contributed by atoms with Crippen molar-refractivity contribution >= 4 is 0 Å². The molecule has 0 fully saturated rings. The lowest BCUT2D eigenvalue weighted by Gasteiger charge is -2.12. The zero-order valence-electron chi connectivity index (χ0n) is 8.22. The third kappa shape index (κ3) is 4.75. The Balaban J connectivity index is 2.24. The summed E-state index contributed by atoms with van der Waals surface area (Å²) in [5, 5.41) is 0. The average molecular weight is 178 g/mol. The molecule has 0 heterocycles. The van der Waals surface area contributed by atoms with Crippen LogP contribution < -0.4 is 0 Å². The molecule has 0 N–H and O–H groups in total. The van der Waals surface area contributed by atoms with E-state index in [1.165, 1.54) is 19.3 Å². The van der Waals surface area contributed by atoms with Crippen LogP contribution in [0.25, 0.3) is 0 Å². The maximum absolute atomic E-state index is 5.61. The second kappa shape index (κ2) is 6.74. The summed E-state index contributed by atoms with van der Waals surface area (Å²) >= 11 is 0. The van der Waals surface area contributed by atoms with E-state index in [1.54, 1.807) is 0 Å². The molecular weight excluding hydrogens is 160 g/mol. The summed E-state index contributed by atoms with van der Waals surface area (Å²) < 4.78 is 5.61. The lowest BCUT2D eigenvalue weighted by atomic mass is 10.1. The molecule has 0 aromatic carbocycles. The van der Waals surface area contributed by atoms with Gasteiger partial charge in [-0.15, -0.1) is 12.5 Å². The van der Waals surface area contributed by atoms with E-state index in [1.807, 2.05) is 6.08 Å². The monoisotopic (exact) mass is 178 g/mol. The van der Waals surface area contributed by atoms with Gasteiger partial charge in [0.15, 0.2) is 0 Å². The molecule has 0 aliphatic heterocycles. The Labute approximate surface area is 81.2 Å². The van der Waals surface area contributed by atoms with Crippen LogP contribution in [0.2, 0.25) is 0 Å². The van der Waals surface area contributed by atoms with Gasteiger partial charge < -0.3 is 4.74 Å². The third-order valence-corrected chi connectivity index (χ3v) is 2.17. The van der Waals surface area contributed by atoms with E-state index in [-0.39, 0.29) is 6.10 Å². The first-order valence-electron chi connectivity index (χ1n) is 5.14. The van der Waals surface area contributed by atoms with Crippen LogP contribution in [0.3, 0.4) is 0 Å². The van der Waals surface area contributed by atoms with Crippen LogP contribution in [-0.4, -0.2) is 12.7 Å². The SMILES string of the molecule is C=CCCOC1C#CCCCCC1. The molecule has 0 bridgehead atoms. The van der Waals surface area contributed by atoms with Crippen molar-refractivity contribution in [2.24, 2.45) is 0 Å². The van der Waals surface area contributed by atoms with Crippen molar-refractivity contribution in [1.82, 2.24) is 0 Å². The number of rotatable bonds is 4. The summed E-state index contributed by atoms with van der Waals surface area (Å²) in [6.45, 7) is 4.43. The number of hydrogen-bond donors (Lipinski definition) is 0. The minimum Gasteiger partial charge on any atom is -0.365 e. The maximum Gasteiger partial charge on any atom is 0.118 e. The molecule has 1 nitrogen and oxygen atoms in total. The van der Waals surface area contributed by atoms with Crippen molar-refractivity contribution in [1.29, 1.82) is 0 Å². The molecule has 13 heavy (non-hydrogen) atoms. The summed E-state index contributed by atoms with van der Waals surface area (Å²) in [5.41, 5.74) is 0. The van der Waals surface area contributed by atoms with Crippen LogP contribution in [0, 0.1) is 11.8 Å². The van der Waals surface area contributed by atoms with Crippen LogP contribution in [-0.2, 0) is 4.74 Å². The fourth-order valence-electron chi connectivity index (χ4n) is 1.40. The van der Waals surface area contributed by atoms with Gasteiger partial charge in [-0.2, -0.15) is 0 Å². The number of ether oxygens (including phenoxy) is 1. The van der Waals surface area contributed by atoms with Crippen LogP contribution in [0.5, 0.6) is 0 Å². The first-order valence-corrected chi connectivity index (χ1v) is 5.14. The Kier molecular flexibility index (Phi) is 5.36. The molecule has 1 rings (SSSR count). The van der Waals surface area contributed by atoms with Gasteiger partial charge >= 0.3 is 0 Å². The van der Waals surface area contributed by atoms with Crippen LogP contribution in [0.1, 0.15) is 38.5 Å². The van der Waals surface area contributed by atoms with Gasteiger partial charge in [0, 0.05) is 6.42 Å². The fraction of sp³-hybridized carbons (Fsp3) is 0.667. The van der Waals surface area contributed by atoms with Crippen molar-refractivity contribution in [3.05, 3.63) is 12.7 Å². The topological polar surface area (TPSA) is 9.23 Å². The minimum absolute atomic E-state index is 0.181. The van der Waals surface area contributed by atoms with Gasteiger partial charge in [0.1, 0.15) is 6.10 Å². The van der Waals surface area contributed by atoms with E-state index in [0.29, 0.717) is 0 Å². The van der Waals surface area contributed by atoms with Gasteiger partial charge in [0.05, 0.1) is 6.61 Å². The molecule has 0 saturated carbocycles. The average Bonchev–Trinajstić information content (AvgIpc) is 2.08. The molecule has 0 radical (unpaired) electrons. The fourth-order valence-corrected chi connectivity index (χ4v) is 1.40. The van der Waals surface area contributed by atoms with E-state index in [2.05, 4.69) is 18.4 Å². The smallest absolute Gasteiger partial charge is 0.118 e. The molecule has 1 aliphatic rings. The molecule has 1 heteroatoms. The Bertz CT molecular complexity index is 197. The highest BCUT2D eigenvalue weighted by Gasteiger charge is 2.05. The lowest BCUT2D eigenvalue weighted by molar-refractivity contribution is 0.0870. The van der Waals surface area contributed by atoms with E-state index < -0.39 is 0 Å². The number of hydrogen-bond acceptors (Lipinski definition) is 1. The Morgan fingerprint density at radius 3 is 3.15 bits per heavy atom. The summed E-state index contributed by atoms with van der Waals surface area (Å²) in [6.07, 6.45) is 8.95. The largest absolute Gasteiger partial charge is 0.365 e. The Morgan fingerprint density at radius 1 is 1.38 bits per heavy atom. The van der Waals surface area contributed by atoms with Gasteiger partial charge in [-0.3, -0.25) is 0 Å². The lowest BCUT2D eigenvalue weighted by Crippen LogP contribution is -2.12. The van der Waals surface area contributed by atoms with Gasteiger partial charge in [0.25, 0.3) is 0 Å². The van der Waals surface area contributed by atoms with Crippen molar-refractivity contribution in [3.63, 3.8) is 0 Å². The highest BCUT2D eigenvalue weighted by molar-refractivity contribution is 5.06. The summed E-state index contributed by atoms with van der Waals surface area (Å²) in [6, 6.07) is 0.